The molecule has 0 N–H and O–H groups in total. The van der Waals surface area contributed by atoms with Crippen molar-refractivity contribution >= 4 is 23.7 Å². The molecule has 7 heteroatoms. The van der Waals surface area contributed by atoms with Crippen LogP contribution in [0.5, 0.6) is 0 Å². The zero-order chi connectivity index (χ0) is 21.2. The second kappa shape index (κ2) is 8.43. The summed E-state index contributed by atoms with van der Waals surface area (Å²) in [6.07, 6.45) is 1.70. The Labute approximate surface area is 171 Å². The summed E-state index contributed by atoms with van der Waals surface area (Å²) < 4.78 is 10.2. The normalized spacial score (nSPS) is 20.7. The third-order valence-corrected chi connectivity index (χ3v) is 5.48. The van der Waals surface area contributed by atoms with Gasteiger partial charge in [-0.05, 0) is 57.2 Å². The Hall–Kier alpha value is -2.57. The van der Waals surface area contributed by atoms with Crippen molar-refractivity contribution in [3.8, 4) is 0 Å². The Morgan fingerprint density at radius 2 is 1.69 bits per heavy atom. The monoisotopic (exact) mass is 402 g/mol. The molecule has 2 saturated heterocycles. The topological polar surface area (TPSA) is 76.2 Å². The molecule has 1 aromatic carbocycles. The number of rotatable bonds is 3. The highest BCUT2D eigenvalue weighted by atomic mass is 16.6. The SMILES string of the molecule is COC(=O)C1CC(=O)N(c2ccc(C3CCN(C(=O)OC(C)(C)C)CC3)cc2)C1. The quantitative estimate of drug-likeness (QED) is 0.725. The summed E-state index contributed by atoms with van der Waals surface area (Å²) in [7, 11) is 1.35. The second-order valence-corrected chi connectivity index (χ2v) is 8.76. The smallest absolute Gasteiger partial charge is 0.410 e. The number of methoxy groups -OCH3 is 1. The summed E-state index contributed by atoms with van der Waals surface area (Å²) in [6.45, 7) is 7.33. The number of benzene rings is 1. The van der Waals surface area contributed by atoms with E-state index in [9.17, 15) is 14.4 Å². The molecule has 3 rings (SSSR count). The molecule has 0 spiro atoms. The van der Waals surface area contributed by atoms with Crippen LogP contribution in [0.2, 0.25) is 0 Å². The fourth-order valence-corrected chi connectivity index (χ4v) is 3.93. The average Bonchev–Trinajstić information content (AvgIpc) is 3.08. The maximum Gasteiger partial charge on any atom is 0.410 e. The van der Waals surface area contributed by atoms with Crippen LogP contribution in [0, 0.1) is 5.92 Å². The molecule has 2 aliphatic heterocycles. The van der Waals surface area contributed by atoms with E-state index in [2.05, 4.69) is 0 Å². The van der Waals surface area contributed by atoms with Gasteiger partial charge in [0.1, 0.15) is 5.60 Å². The van der Waals surface area contributed by atoms with E-state index in [1.807, 2.05) is 45.0 Å². The molecular weight excluding hydrogens is 372 g/mol. The lowest BCUT2D eigenvalue weighted by Gasteiger charge is -2.33. The van der Waals surface area contributed by atoms with Crippen molar-refractivity contribution in [2.75, 3.05) is 31.6 Å². The first-order chi connectivity index (χ1) is 13.7. The molecule has 2 aliphatic rings. The van der Waals surface area contributed by atoms with E-state index in [1.54, 1.807) is 9.80 Å². The highest BCUT2D eigenvalue weighted by Gasteiger charge is 2.36. The Morgan fingerprint density at radius 1 is 1.07 bits per heavy atom. The number of ether oxygens (including phenoxy) is 2. The molecule has 0 bridgehead atoms. The number of hydrogen-bond acceptors (Lipinski definition) is 5. The lowest BCUT2D eigenvalue weighted by Crippen LogP contribution is -2.41. The zero-order valence-corrected chi connectivity index (χ0v) is 17.6. The summed E-state index contributed by atoms with van der Waals surface area (Å²) in [5.41, 5.74) is 1.52. The predicted octanol–water partition coefficient (Wildman–Crippen LogP) is 3.33. The van der Waals surface area contributed by atoms with Crippen molar-refractivity contribution in [1.82, 2.24) is 4.90 Å². The van der Waals surface area contributed by atoms with E-state index in [0.29, 0.717) is 25.6 Å². The fourth-order valence-electron chi connectivity index (χ4n) is 3.93. The predicted molar refractivity (Wildman–Crippen MR) is 109 cm³/mol. The molecule has 2 amide bonds. The van der Waals surface area contributed by atoms with Gasteiger partial charge in [0.05, 0.1) is 13.0 Å². The number of piperidine rings is 1. The standard InChI is InChI=1S/C22H30N2O5/c1-22(2,3)29-21(27)23-11-9-16(10-12-23)15-5-7-18(8-6-15)24-14-17(13-19(24)25)20(26)28-4/h5-8,16-17H,9-14H2,1-4H3. The van der Waals surface area contributed by atoms with Crippen LogP contribution in [0.4, 0.5) is 10.5 Å². The number of esters is 1. The lowest BCUT2D eigenvalue weighted by atomic mass is 9.89. The molecule has 0 saturated carbocycles. The van der Waals surface area contributed by atoms with Gasteiger partial charge in [-0.25, -0.2) is 4.79 Å². The van der Waals surface area contributed by atoms with Crippen molar-refractivity contribution in [2.24, 2.45) is 5.92 Å². The van der Waals surface area contributed by atoms with Gasteiger partial charge in [0.25, 0.3) is 0 Å². The van der Waals surface area contributed by atoms with Crippen LogP contribution in [0.1, 0.15) is 51.5 Å². The summed E-state index contributed by atoms with van der Waals surface area (Å²) in [5.74, 6) is -0.419. The molecule has 1 unspecified atom stereocenters. The molecule has 2 heterocycles. The van der Waals surface area contributed by atoms with Gasteiger partial charge in [-0.15, -0.1) is 0 Å². The summed E-state index contributed by atoms with van der Waals surface area (Å²) in [6, 6.07) is 7.96. The summed E-state index contributed by atoms with van der Waals surface area (Å²) >= 11 is 0. The number of amides is 2. The van der Waals surface area contributed by atoms with Crippen molar-refractivity contribution in [3.63, 3.8) is 0 Å². The van der Waals surface area contributed by atoms with Crippen molar-refractivity contribution in [1.29, 1.82) is 0 Å². The van der Waals surface area contributed by atoms with E-state index in [-0.39, 0.29) is 24.4 Å². The van der Waals surface area contributed by atoms with Crippen LogP contribution in [0.15, 0.2) is 24.3 Å². The van der Waals surface area contributed by atoms with Crippen LogP contribution >= 0.6 is 0 Å². The number of nitrogens with zero attached hydrogens (tertiary/aromatic N) is 2. The van der Waals surface area contributed by atoms with Crippen LogP contribution < -0.4 is 4.90 Å². The van der Waals surface area contributed by atoms with Gasteiger partial charge < -0.3 is 19.3 Å². The largest absolute Gasteiger partial charge is 0.469 e. The summed E-state index contributed by atoms with van der Waals surface area (Å²) in [5, 5.41) is 0. The first-order valence-corrected chi connectivity index (χ1v) is 10.1. The van der Waals surface area contributed by atoms with Gasteiger partial charge in [0.2, 0.25) is 5.91 Å². The second-order valence-electron chi connectivity index (χ2n) is 8.76. The van der Waals surface area contributed by atoms with E-state index < -0.39 is 11.5 Å². The fraction of sp³-hybridized carbons (Fsp3) is 0.591. The minimum Gasteiger partial charge on any atom is -0.469 e. The van der Waals surface area contributed by atoms with Crippen LogP contribution in [0.25, 0.3) is 0 Å². The number of carbonyl (C=O) groups is 3. The van der Waals surface area contributed by atoms with Gasteiger partial charge in [-0.3, -0.25) is 9.59 Å². The van der Waals surface area contributed by atoms with Crippen molar-refractivity contribution in [2.45, 2.75) is 51.6 Å². The highest BCUT2D eigenvalue weighted by molar-refractivity contribution is 5.99. The Balaban J connectivity index is 1.57. The van der Waals surface area contributed by atoms with E-state index in [0.717, 1.165) is 18.5 Å². The Bertz CT molecular complexity index is 760. The molecule has 0 radical (unpaired) electrons. The molecule has 1 atom stereocenters. The maximum absolute atomic E-state index is 12.3. The van der Waals surface area contributed by atoms with Gasteiger partial charge in [0, 0.05) is 31.7 Å². The average molecular weight is 402 g/mol. The molecule has 0 aromatic heterocycles. The minimum atomic E-state index is -0.482. The number of carbonyl (C=O) groups excluding carboxylic acids is 3. The molecule has 0 aliphatic carbocycles. The number of hydrogen-bond donors (Lipinski definition) is 0. The first kappa shape index (κ1) is 21.1. The Morgan fingerprint density at radius 3 is 2.24 bits per heavy atom. The minimum absolute atomic E-state index is 0.0566. The molecular formula is C22H30N2O5. The number of likely N-dealkylation sites (tertiary alicyclic amines) is 1. The van der Waals surface area contributed by atoms with Crippen LogP contribution in [0.3, 0.4) is 0 Å². The van der Waals surface area contributed by atoms with E-state index in [1.165, 1.54) is 12.7 Å². The molecule has 1 aromatic rings. The molecule has 7 nitrogen and oxygen atoms in total. The van der Waals surface area contributed by atoms with Crippen molar-refractivity contribution < 1.29 is 23.9 Å². The van der Waals surface area contributed by atoms with Gasteiger partial charge in [-0.1, -0.05) is 12.1 Å². The third-order valence-electron chi connectivity index (χ3n) is 5.48. The summed E-state index contributed by atoms with van der Waals surface area (Å²) in [4.78, 5) is 39.6. The van der Waals surface area contributed by atoms with E-state index >= 15 is 0 Å². The first-order valence-electron chi connectivity index (χ1n) is 10.1. The number of anilines is 1. The maximum atomic E-state index is 12.3. The molecule has 2 fully saturated rings. The van der Waals surface area contributed by atoms with Gasteiger partial charge in [-0.2, -0.15) is 0 Å². The zero-order valence-electron chi connectivity index (χ0n) is 17.6. The van der Waals surface area contributed by atoms with Gasteiger partial charge in [0.15, 0.2) is 0 Å². The van der Waals surface area contributed by atoms with Gasteiger partial charge >= 0.3 is 12.1 Å². The van der Waals surface area contributed by atoms with Crippen molar-refractivity contribution in [3.05, 3.63) is 29.8 Å². The molecule has 29 heavy (non-hydrogen) atoms. The molecule has 158 valence electrons. The lowest BCUT2D eigenvalue weighted by molar-refractivity contribution is -0.145. The van der Waals surface area contributed by atoms with Crippen LogP contribution in [-0.2, 0) is 19.1 Å². The Kier molecular flexibility index (Phi) is 6.15. The van der Waals surface area contributed by atoms with Crippen LogP contribution in [-0.4, -0.2) is 55.2 Å². The van der Waals surface area contributed by atoms with E-state index in [4.69, 9.17) is 9.47 Å². The highest BCUT2D eigenvalue weighted by Crippen LogP contribution is 2.32. The third kappa shape index (κ3) is 5.08.